The summed E-state index contributed by atoms with van der Waals surface area (Å²) in [7, 11) is 0. The third-order valence-electron chi connectivity index (χ3n) is 4.06. The topological polar surface area (TPSA) is 118 Å². The number of aryl methyl sites for hydroxylation is 1. The number of nitrogens with one attached hydrogen (secondary N) is 3. The van der Waals surface area contributed by atoms with Crippen molar-refractivity contribution >= 4 is 23.5 Å². The summed E-state index contributed by atoms with van der Waals surface area (Å²) in [6.07, 6.45) is 4.18. The smallest absolute Gasteiger partial charge is 0.289 e. The van der Waals surface area contributed by atoms with E-state index in [1.54, 1.807) is 26.2 Å². The molecule has 8 nitrogen and oxygen atoms in total. The minimum Gasteiger partial charge on any atom is -0.472 e. The predicted octanol–water partition coefficient (Wildman–Crippen LogP) is -0.0732. The zero-order valence-corrected chi connectivity index (χ0v) is 14.3. The van der Waals surface area contributed by atoms with Gasteiger partial charge in [-0.2, -0.15) is 0 Å². The Bertz CT molecular complexity index is 639. The van der Waals surface area contributed by atoms with Crippen molar-refractivity contribution in [3.05, 3.63) is 24.2 Å². The van der Waals surface area contributed by atoms with Gasteiger partial charge in [-0.25, -0.2) is 0 Å². The maximum atomic E-state index is 12.4. The predicted molar refractivity (Wildman–Crippen MR) is 88.4 cm³/mol. The van der Waals surface area contributed by atoms with Gasteiger partial charge in [0.15, 0.2) is 0 Å². The van der Waals surface area contributed by atoms with E-state index in [0.717, 1.165) is 5.56 Å². The van der Waals surface area contributed by atoms with Gasteiger partial charge in [0, 0.05) is 13.0 Å². The molecule has 1 aromatic heterocycles. The number of hydrogen-bond acceptors (Lipinski definition) is 5. The Morgan fingerprint density at radius 1 is 1.36 bits per heavy atom. The molecule has 1 fully saturated rings. The minimum absolute atomic E-state index is 0.162. The summed E-state index contributed by atoms with van der Waals surface area (Å²) in [4.78, 5) is 47.7. The van der Waals surface area contributed by atoms with Crippen LogP contribution in [0.15, 0.2) is 23.0 Å². The highest BCUT2D eigenvalue weighted by Crippen LogP contribution is 2.08. The van der Waals surface area contributed by atoms with Gasteiger partial charge in [0.05, 0.1) is 18.6 Å². The number of ketones is 1. The van der Waals surface area contributed by atoms with E-state index in [1.165, 1.54) is 6.26 Å². The van der Waals surface area contributed by atoms with Gasteiger partial charge < -0.3 is 20.4 Å². The maximum Gasteiger partial charge on any atom is 0.289 e. The van der Waals surface area contributed by atoms with Crippen LogP contribution in [0.1, 0.15) is 32.3 Å². The zero-order valence-electron chi connectivity index (χ0n) is 14.3. The lowest BCUT2D eigenvalue weighted by Gasteiger charge is -2.26. The van der Waals surface area contributed by atoms with E-state index in [1.807, 2.05) is 0 Å². The van der Waals surface area contributed by atoms with Crippen LogP contribution in [0.4, 0.5) is 0 Å². The molecule has 0 saturated carbocycles. The maximum absolute atomic E-state index is 12.4. The van der Waals surface area contributed by atoms with Gasteiger partial charge in [-0.15, -0.1) is 0 Å². The Morgan fingerprint density at radius 2 is 2.12 bits per heavy atom. The lowest BCUT2D eigenvalue weighted by Crippen LogP contribution is -2.58. The molecule has 0 spiro atoms. The largest absolute Gasteiger partial charge is 0.472 e. The number of amides is 3. The first-order chi connectivity index (χ1) is 11.9. The molecule has 0 radical (unpaired) electrons. The molecule has 136 valence electrons. The van der Waals surface area contributed by atoms with Crippen LogP contribution in [0.5, 0.6) is 0 Å². The molecule has 2 rings (SSSR count). The molecule has 2 unspecified atom stereocenters. The van der Waals surface area contributed by atoms with Crippen molar-refractivity contribution in [1.82, 2.24) is 16.0 Å². The summed E-state index contributed by atoms with van der Waals surface area (Å²) in [5.74, 6) is -2.23. The van der Waals surface area contributed by atoms with Crippen LogP contribution in [0.3, 0.4) is 0 Å². The molecule has 1 saturated heterocycles. The monoisotopic (exact) mass is 349 g/mol. The Labute approximate surface area is 145 Å². The molecule has 8 heteroatoms. The highest BCUT2D eigenvalue weighted by Gasteiger charge is 2.33. The Hall–Kier alpha value is -2.64. The van der Waals surface area contributed by atoms with E-state index < -0.39 is 29.7 Å². The number of piperidine rings is 1. The number of furan rings is 1. The second-order valence-corrected chi connectivity index (χ2v) is 6.39. The van der Waals surface area contributed by atoms with E-state index in [9.17, 15) is 19.2 Å². The van der Waals surface area contributed by atoms with Crippen LogP contribution in [0, 0.1) is 5.92 Å². The molecule has 1 aromatic rings. The molecule has 2 atom stereocenters. The molecule has 25 heavy (non-hydrogen) atoms. The van der Waals surface area contributed by atoms with Crippen LogP contribution in [0.25, 0.3) is 0 Å². The van der Waals surface area contributed by atoms with Gasteiger partial charge in [-0.1, -0.05) is 13.8 Å². The van der Waals surface area contributed by atoms with Crippen molar-refractivity contribution in [2.24, 2.45) is 5.92 Å². The first-order valence-corrected chi connectivity index (χ1v) is 8.31. The van der Waals surface area contributed by atoms with Crippen LogP contribution in [0.2, 0.25) is 0 Å². The van der Waals surface area contributed by atoms with E-state index in [0.29, 0.717) is 19.4 Å². The Kier molecular flexibility index (Phi) is 6.32. The van der Waals surface area contributed by atoms with Crippen molar-refractivity contribution in [3.63, 3.8) is 0 Å². The van der Waals surface area contributed by atoms with E-state index in [-0.39, 0.29) is 18.2 Å². The second kappa shape index (κ2) is 8.46. The summed E-state index contributed by atoms with van der Waals surface area (Å²) < 4.78 is 4.95. The Morgan fingerprint density at radius 3 is 2.76 bits per heavy atom. The van der Waals surface area contributed by atoms with Gasteiger partial charge in [0.25, 0.3) is 5.91 Å². The first kappa shape index (κ1) is 18.7. The first-order valence-electron chi connectivity index (χ1n) is 8.31. The molecule has 0 aromatic carbocycles. The summed E-state index contributed by atoms with van der Waals surface area (Å²) in [6, 6.07) is 0.166. The van der Waals surface area contributed by atoms with Crippen LogP contribution >= 0.6 is 0 Å². The Balaban J connectivity index is 1.90. The van der Waals surface area contributed by atoms with E-state index in [4.69, 9.17) is 4.42 Å². The molecular formula is C17H23N3O5. The van der Waals surface area contributed by atoms with Gasteiger partial charge in [-0.3, -0.25) is 19.2 Å². The summed E-state index contributed by atoms with van der Waals surface area (Å²) in [6.45, 7) is 3.94. The van der Waals surface area contributed by atoms with Gasteiger partial charge in [0.2, 0.25) is 17.6 Å². The van der Waals surface area contributed by atoms with Crippen LogP contribution in [-0.2, 0) is 25.6 Å². The molecule has 1 aliphatic heterocycles. The normalized spacial score (nSPS) is 18.6. The van der Waals surface area contributed by atoms with Crippen molar-refractivity contribution < 1.29 is 23.6 Å². The van der Waals surface area contributed by atoms with Crippen LogP contribution in [-0.4, -0.2) is 42.1 Å². The third-order valence-corrected chi connectivity index (χ3v) is 4.06. The average Bonchev–Trinajstić information content (AvgIpc) is 3.08. The van der Waals surface area contributed by atoms with E-state index >= 15 is 0 Å². The summed E-state index contributed by atoms with van der Waals surface area (Å²) in [5, 5.41) is 7.71. The zero-order chi connectivity index (χ0) is 18.4. The SMILES string of the molecule is CC(C)C(NC(=O)CCc1ccoc1)C(=O)NC1CCNC(=O)C1=O. The fourth-order valence-electron chi connectivity index (χ4n) is 2.58. The summed E-state index contributed by atoms with van der Waals surface area (Å²) in [5.41, 5.74) is 0.902. The lowest BCUT2D eigenvalue weighted by atomic mass is 10.00. The highest BCUT2D eigenvalue weighted by atomic mass is 16.3. The fraction of sp³-hybridized carbons (Fsp3) is 0.529. The molecule has 2 heterocycles. The molecule has 3 N–H and O–H groups in total. The molecule has 1 aliphatic rings. The van der Waals surface area contributed by atoms with Gasteiger partial charge in [0.1, 0.15) is 6.04 Å². The molecule has 0 bridgehead atoms. The molecule has 0 aliphatic carbocycles. The van der Waals surface area contributed by atoms with E-state index in [2.05, 4.69) is 16.0 Å². The fourth-order valence-corrected chi connectivity index (χ4v) is 2.58. The molecule has 3 amide bonds. The number of Topliss-reactive ketones (excluding diaryl/α,β-unsaturated/α-hetero) is 1. The quantitative estimate of drug-likeness (QED) is 0.596. The van der Waals surface area contributed by atoms with Gasteiger partial charge >= 0.3 is 0 Å². The number of rotatable bonds is 7. The van der Waals surface area contributed by atoms with Crippen molar-refractivity contribution in [2.45, 2.75) is 45.2 Å². The second-order valence-electron chi connectivity index (χ2n) is 6.39. The van der Waals surface area contributed by atoms with Crippen molar-refractivity contribution in [1.29, 1.82) is 0 Å². The number of carbonyl (C=O) groups is 4. The van der Waals surface area contributed by atoms with Crippen molar-refractivity contribution in [3.8, 4) is 0 Å². The lowest BCUT2D eigenvalue weighted by molar-refractivity contribution is -0.142. The summed E-state index contributed by atoms with van der Waals surface area (Å²) >= 11 is 0. The average molecular weight is 349 g/mol. The molecular weight excluding hydrogens is 326 g/mol. The highest BCUT2D eigenvalue weighted by molar-refractivity contribution is 6.39. The standard InChI is InChI=1S/C17H23N3O5/c1-10(2)14(20-13(21)4-3-11-6-8-25-9-11)16(23)19-12-5-7-18-17(24)15(12)22/h6,8-10,12,14H,3-5,7H2,1-2H3,(H,18,24)(H,19,23)(H,20,21). The third kappa shape index (κ3) is 5.17. The van der Waals surface area contributed by atoms with Gasteiger partial charge in [-0.05, 0) is 30.4 Å². The van der Waals surface area contributed by atoms with Crippen LogP contribution < -0.4 is 16.0 Å². The number of carbonyl (C=O) groups excluding carboxylic acids is 4. The number of hydrogen-bond donors (Lipinski definition) is 3. The van der Waals surface area contributed by atoms with Crippen molar-refractivity contribution in [2.75, 3.05) is 6.54 Å². The minimum atomic E-state index is -0.842.